The largest absolute Gasteiger partial charge is 0.489 e. The van der Waals surface area contributed by atoms with Crippen molar-refractivity contribution in [2.75, 3.05) is 25.6 Å². The summed E-state index contributed by atoms with van der Waals surface area (Å²) >= 11 is 1.26. The highest BCUT2D eigenvalue weighted by Gasteiger charge is 2.28. The maximum atomic E-state index is 15.2. The molecule has 1 atom stereocenters. The number of ether oxygens (including phenoxy) is 3. The van der Waals surface area contributed by atoms with Gasteiger partial charge >= 0.3 is 0 Å². The first kappa shape index (κ1) is 22.6. The molecule has 1 aliphatic rings. The van der Waals surface area contributed by atoms with Crippen LogP contribution in [0.3, 0.4) is 0 Å². The standard InChI is InChI=1S/C25H23FN6O3S/c1-13(15-9-34-10-15)35-20-7-14(16-8-32(2)31-25(16)33-3)6-19-21(20)24(28-11-27-19)30-17-4-5-18-23(22(17)26)36-12-29-18/h4-8,11-13,15H,9-10H2,1-3H3,(H,27,28,30)/t13-/m0/s1. The Balaban J connectivity index is 1.49. The summed E-state index contributed by atoms with van der Waals surface area (Å²) in [6.45, 7) is 3.32. The number of fused-ring (bicyclic) bond motifs is 2. The van der Waals surface area contributed by atoms with Gasteiger partial charge in [-0.1, -0.05) is 0 Å². The predicted molar refractivity (Wildman–Crippen MR) is 136 cm³/mol. The monoisotopic (exact) mass is 506 g/mol. The summed E-state index contributed by atoms with van der Waals surface area (Å²) in [5.41, 5.74) is 4.83. The molecule has 0 saturated carbocycles. The molecular weight excluding hydrogens is 483 g/mol. The zero-order valence-electron chi connectivity index (χ0n) is 19.9. The van der Waals surface area contributed by atoms with E-state index in [1.165, 1.54) is 17.7 Å². The van der Waals surface area contributed by atoms with Crippen molar-refractivity contribution in [3.05, 3.63) is 48.1 Å². The van der Waals surface area contributed by atoms with E-state index in [1.54, 1.807) is 29.4 Å². The van der Waals surface area contributed by atoms with Crippen molar-refractivity contribution in [2.45, 2.75) is 13.0 Å². The second-order valence-electron chi connectivity index (χ2n) is 8.69. The molecule has 4 heterocycles. The molecule has 3 aromatic heterocycles. The van der Waals surface area contributed by atoms with E-state index in [9.17, 15) is 0 Å². The number of rotatable bonds is 7. The molecule has 0 aliphatic carbocycles. The molecule has 1 N–H and O–H groups in total. The highest BCUT2D eigenvalue weighted by atomic mass is 32.1. The van der Waals surface area contributed by atoms with Crippen LogP contribution in [0.15, 0.2) is 42.3 Å². The number of nitrogens with one attached hydrogen (secondary N) is 1. The van der Waals surface area contributed by atoms with E-state index in [4.69, 9.17) is 14.2 Å². The summed E-state index contributed by atoms with van der Waals surface area (Å²) in [7, 11) is 3.42. The Labute approximate surface area is 209 Å². The molecule has 0 amide bonds. The first-order valence-electron chi connectivity index (χ1n) is 11.4. The molecule has 0 unspecified atom stereocenters. The zero-order valence-corrected chi connectivity index (χ0v) is 20.7. The quantitative estimate of drug-likeness (QED) is 0.331. The van der Waals surface area contributed by atoms with Crippen LogP contribution in [0.2, 0.25) is 0 Å². The predicted octanol–water partition coefficient (Wildman–Crippen LogP) is 4.95. The minimum Gasteiger partial charge on any atom is -0.489 e. The van der Waals surface area contributed by atoms with Crippen molar-refractivity contribution in [3.63, 3.8) is 0 Å². The van der Waals surface area contributed by atoms with Crippen LogP contribution in [-0.2, 0) is 11.8 Å². The van der Waals surface area contributed by atoms with Crippen LogP contribution in [0.4, 0.5) is 15.9 Å². The van der Waals surface area contributed by atoms with Gasteiger partial charge in [0.2, 0.25) is 5.88 Å². The van der Waals surface area contributed by atoms with E-state index in [0.29, 0.717) is 57.5 Å². The number of thiazole rings is 1. The first-order chi connectivity index (χ1) is 17.5. The fraction of sp³-hybridized carbons (Fsp3) is 0.280. The lowest BCUT2D eigenvalue weighted by atomic mass is 10.0. The first-order valence-corrected chi connectivity index (χ1v) is 12.3. The molecule has 9 nitrogen and oxygen atoms in total. The van der Waals surface area contributed by atoms with Gasteiger partial charge < -0.3 is 19.5 Å². The van der Waals surface area contributed by atoms with E-state index in [0.717, 1.165) is 11.1 Å². The second kappa shape index (κ2) is 8.99. The number of hydrogen-bond acceptors (Lipinski definition) is 9. The van der Waals surface area contributed by atoms with Crippen LogP contribution in [0.25, 0.3) is 32.2 Å². The molecule has 36 heavy (non-hydrogen) atoms. The number of methoxy groups -OCH3 is 1. The molecular formula is C25H23FN6O3S. The second-order valence-corrected chi connectivity index (χ2v) is 9.54. The maximum absolute atomic E-state index is 15.2. The average Bonchev–Trinajstić information content (AvgIpc) is 3.46. The molecule has 0 bridgehead atoms. The Kier molecular flexibility index (Phi) is 5.65. The van der Waals surface area contributed by atoms with Crippen molar-refractivity contribution in [1.82, 2.24) is 24.7 Å². The highest BCUT2D eigenvalue weighted by Crippen LogP contribution is 2.40. The van der Waals surface area contributed by atoms with Crippen molar-refractivity contribution >= 4 is 44.0 Å². The van der Waals surface area contributed by atoms with Gasteiger partial charge in [0.1, 0.15) is 24.0 Å². The van der Waals surface area contributed by atoms with Gasteiger partial charge in [0.15, 0.2) is 5.82 Å². The number of aryl methyl sites for hydroxylation is 1. The Hall–Kier alpha value is -3.83. The molecule has 1 saturated heterocycles. The normalized spacial score (nSPS) is 14.7. The van der Waals surface area contributed by atoms with Gasteiger partial charge in [0.05, 0.1) is 58.2 Å². The Morgan fingerprint density at radius 1 is 1.19 bits per heavy atom. The summed E-state index contributed by atoms with van der Waals surface area (Å²) in [5, 5.41) is 8.19. The van der Waals surface area contributed by atoms with E-state index in [-0.39, 0.29) is 17.8 Å². The Morgan fingerprint density at radius 2 is 2.06 bits per heavy atom. The summed E-state index contributed by atoms with van der Waals surface area (Å²) in [6.07, 6.45) is 3.23. The molecule has 6 rings (SSSR count). The minimum atomic E-state index is -0.374. The summed E-state index contributed by atoms with van der Waals surface area (Å²) < 4.78 is 34.7. The number of anilines is 2. The number of hydrogen-bond donors (Lipinski definition) is 1. The lowest BCUT2D eigenvalue weighted by Crippen LogP contribution is -2.39. The van der Waals surface area contributed by atoms with E-state index in [1.807, 2.05) is 32.3 Å². The summed E-state index contributed by atoms with van der Waals surface area (Å²) in [4.78, 5) is 13.2. The van der Waals surface area contributed by atoms with E-state index in [2.05, 4.69) is 25.4 Å². The fourth-order valence-electron chi connectivity index (χ4n) is 4.26. The third kappa shape index (κ3) is 3.90. The van der Waals surface area contributed by atoms with E-state index >= 15 is 4.39 Å². The molecule has 11 heteroatoms. The van der Waals surface area contributed by atoms with Crippen molar-refractivity contribution < 1.29 is 18.6 Å². The lowest BCUT2D eigenvalue weighted by molar-refractivity contribution is -0.0773. The SMILES string of the molecule is COc1nn(C)cc1-c1cc(O[C@@H](C)C2COC2)c2c(Nc3ccc4ncsc4c3F)ncnc2c1. The number of nitrogens with zero attached hydrogens (tertiary/aromatic N) is 5. The Bertz CT molecular complexity index is 1580. The third-order valence-corrected chi connectivity index (χ3v) is 7.17. The smallest absolute Gasteiger partial charge is 0.240 e. The summed E-state index contributed by atoms with van der Waals surface area (Å²) in [6, 6.07) is 7.29. The van der Waals surface area contributed by atoms with Crippen molar-refractivity contribution in [1.29, 1.82) is 0 Å². The number of aromatic nitrogens is 5. The molecule has 0 spiro atoms. The number of halogens is 1. The molecule has 0 radical (unpaired) electrons. The Morgan fingerprint density at radius 3 is 2.83 bits per heavy atom. The molecule has 1 fully saturated rings. The van der Waals surface area contributed by atoms with Crippen LogP contribution in [-0.4, -0.2) is 51.2 Å². The van der Waals surface area contributed by atoms with Crippen LogP contribution < -0.4 is 14.8 Å². The number of benzene rings is 2. The molecule has 2 aromatic carbocycles. The average molecular weight is 507 g/mol. The van der Waals surface area contributed by atoms with Crippen LogP contribution >= 0.6 is 11.3 Å². The topological polar surface area (TPSA) is 96.2 Å². The van der Waals surface area contributed by atoms with Crippen LogP contribution in [0, 0.1) is 11.7 Å². The van der Waals surface area contributed by atoms with Gasteiger partial charge in [-0.2, -0.15) is 0 Å². The molecule has 1 aliphatic heterocycles. The fourth-order valence-corrected chi connectivity index (χ4v) is 4.98. The van der Waals surface area contributed by atoms with Gasteiger partial charge in [-0.25, -0.2) is 19.3 Å². The van der Waals surface area contributed by atoms with Gasteiger partial charge in [-0.3, -0.25) is 4.68 Å². The molecule has 5 aromatic rings. The summed E-state index contributed by atoms with van der Waals surface area (Å²) in [5.74, 6) is 1.43. The third-order valence-electron chi connectivity index (χ3n) is 6.33. The van der Waals surface area contributed by atoms with Crippen LogP contribution in [0.5, 0.6) is 11.6 Å². The van der Waals surface area contributed by atoms with Gasteiger partial charge in [-0.15, -0.1) is 16.4 Å². The van der Waals surface area contributed by atoms with Crippen molar-refractivity contribution in [2.24, 2.45) is 13.0 Å². The van der Waals surface area contributed by atoms with Crippen molar-refractivity contribution in [3.8, 4) is 22.8 Å². The van der Waals surface area contributed by atoms with Gasteiger partial charge in [-0.05, 0) is 36.8 Å². The van der Waals surface area contributed by atoms with E-state index < -0.39 is 0 Å². The van der Waals surface area contributed by atoms with Gasteiger partial charge in [0.25, 0.3) is 0 Å². The zero-order chi connectivity index (χ0) is 24.8. The molecule has 184 valence electrons. The van der Waals surface area contributed by atoms with Crippen LogP contribution in [0.1, 0.15) is 6.92 Å². The van der Waals surface area contributed by atoms with Gasteiger partial charge in [0, 0.05) is 19.2 Å². The lowest BCUT2D eigenvalue weighted by Gasteiger charge is -2.32. The minimum absolute atomic E-state index is 0.105. The highest BCUT2D eigenvalue weighted by molar-refractivity contribution is 7.16. The maximum Gasteiger partial charge on any atom is 0.240 e.